The Labute approximate surface area is 141 Å². The Morgan fingerprint density at radius 3 is 2.73 bits per heavy atom. The number of rotatable bonds is 2. The van der Waals surface area contributed by atoms with Gasteiger partial charge < -0.3 is 0 Å². The maximum Gasteiger partial charge on any atom is 0.330 e. The zero-order chi connectivity index (χ0) is 15.9. The summed E-state index contributed by atoms with van der Waals surface area (Å²) in [6, 6.07) is 7.47. The van der Waals surface area contributed by atoms with Gasteiger partial charge in [0.05, 0.1) is 11.7 Å². The van der Waals surface area contributed by atoms with Gasteiger partial charge in [0.1, 0.15) is 5.82 Å². The summed E-state index contributed by atoms with van der Waals surface area (Å²) in [5.74, 6) is 0.681. The van der Waals surface area contributed by atoms with E-state index in [4.69, 9.17) is 0 Å². The lowest BCUT2D eigenvalue weighted by atomic mass is 10.1. The van der Waals surface area contributed by atoms with E-state index >= 15 is 0 Å². The van der Waals surface area contributed by atoms with Crippen molar-refractivity contribution in [1.29, 1.82) is 0 Å². The summed E-state index contributed by atoms with van der Waals surface area (Å²) < 4.78 is 0.883. The molecule has 0 spiro atoms. The number of carbonyl (C=O) groups excluding carboxylic acids is 1. The smallest absolute Gasteiger partial charge is 0.285 e. The van der Waals surface area contributed by atoms with Gasteiger partial charge in [-0.1, -0.05) is 23.9 Å². The molecule has 2 heterocycles. The fourth-order valence-electron chi connectivity index (χ4n) is 2.54. The molecule has 3 rings (SSSR count). The molecule has 1 unspecified atom stereocenters. The molecule has 0 N–H and O–H groups in total. The number of hydrogen-bond acceptors (Lipinski definition) is 4. The van der Waals surface area contributed by atoms with Gasteiger partial charge in [-0.25, -0.2) is 14.8 Å². The Hall–Kier alpha value is -1.60. The average molecular weight is 379 g/mol. The van der Waals surface area contributed by atoms with Gasteiger partial charge in [0, 0.05) is 23.3 Å². The van der Waals surface area contributed by atoms with Crippen LogP contribution in [0.25, 0.3) is 0 Å². The quantitative estimate of drug-likeness (QED) is 0.582. The molecule has 114 valence electrons. The van der Waals surface area contributed by atoms with E-state index in [0.717, 1.165) is 15.7 Å². The predicted molar refractivity (Wildman–Crippen MR) is 92.6 cm³/mol. The van der Waals surface area contributed by atoms with Crippen molar-refractivity contribution in [2.75, 3.05) is 23.1 Å². The summed E-state index contributed by atoms with van der Waals surface area (Å²) in [4.78, 5) is 25.0. The van der Waals surface area contributed by atoms with Gasteiger partial charge in [-0.3, -0.25) is 9.80 Å². The van der Waals surface area contributed by atoms with Crippen molar-refractivity contribution in [3.63, 3.8) is 0 Å². The second-order valence-electron chi connectivity index (χ2n) is 4.97. The van der Waals surface area contributed by atoms with Crippen molar-refractivity contribution < 1.29 is 4.79 Å². The fraction of sp³-hybridized carbons (Fsp3) is 0.267. The van der Waals surface area contributed by atoms with Crippen LogP contribution in [-0.2, 0) is 0 Å². The number of anilines is 2. The van der Waals surface area contributed by atoms with E-state index in [1.165, 1.54) is 11.8 Å². The molecule has 1 atom stereocenters. The van der Waals surface area contributed by atoms with Crippen LogP contribution in [-0.4, -0.2) is 29.3 Å². The molecule has 7 heteroatoms. The van der Waals surface area contributed by atoms with Crippen LogP contribution in [0.2, 0.25) is 0 Å². The van der Waals surface area contributed by atoms with Crippen molar-refractivity contribution in [1.82, 2.24) is 9.97 Å². The number of carbonyl (C=O) groups is 1. The van der Waals surface area contributed by atoms with E-state index in [9.17, 15) is 4.79 Å². The number of hydrogen-bond donors (Lipinski definition) is 0. The molecule has 0 saturated heterocycles. The average Bonchev–Trinajstić information content (AvgIpc) is 2.54. The highest BCUT2D eigenvalue weighted by molar-refractivity contribution is 9.10. The second-order valence-corrected chi connectivity index (χ2v) is 6.60. The van der Waals surface area contributed by atoms with Crippen LogP contribution >= 0.6 is 27.7 Å². The first-order chi connectivity index (χ1) is 10.5. The maximum atomic E-state index is 12.8. The van der Waals surface area contributed by atoms with E-state index in [0.29, 0.717) is 11.0 Å². The molecule has 0 radical (unpaired) electrons. The first-order valence-corrected chi connectivity index (χ1v) is 8.78. The molecule has 5 nitrogen and oxygen atoms in total. The van der Waals surface area contributed by atoms with Gasteiger partial charge in [0.2, 0.25) is 0 Å². The fourth-order valence-corrected chi connectivity index (χ4v) is 3.36. The molecule has 0 bridgehead atoms. The third-order valence-electron chi connectivity index (χ3n) is 3.72. The standard InChI is InChI=1S/C15H15BrN4OS/c1-9-10-8-17-14(22-3)18-13(10)19(2)15(21)20(9)12-7-5-4-6-11(12)16/h4-9H,1-3H3. The maximum absolute atomic E-state index is 12.8. The molecule has 0 aliphatic carbocycles. The van der Waals surface area contributed by atoms with E-state index < -0.39 is 0 Å². The number of aromatic nitrogens is 2. The zero-order valence-corrected chi connectivity index (χ0v) is 14.8. The molecule has 2 amide bonds. The van der Waals surface area contributed by atoms with Crippen LogP contribution in [0.4, 0.5) is 16.3 Å². The summed E-state index contributed by atoms with van der Waals surface area (Å²) >= 11 is 4.99. The molecular weight excluding hydrogens is 364 g/mol. The van der Waals surface area contributed by atoms with Gasteiger partial charge in [0.15, 0.2) is 5.16 Å². The van der Waals surface area contributed by atoms with Crippen molar-refractivity contribution in [3.05, 3.63) is 40.5 Å². The van der Waals surface area contributed by atoms with Crippen LogP contribution in [0.5, 0.6) is 0 Å². The van der Waals surface area contributed by atoms with E-state index in [1.54, 1.807) is 16.8 Å². The summed E-state index contributed by atoms with van der Waals surface area (Å²) in [6.45, 7) is 1.99. The minimum atomic E-state index is -0.131. The Morgan fingerprint density at radius 2 is 2.05 bits per heavy atom. The van der Waals surface area contributed by atoms with Crippen molar-refractivity contribution in [2.45, 2.75) is 18.1 Å². The lowest BCUT2D eigenvalue weighted by Crippen LogP contribution is -2.48. The number of para-hydroxylation sites is 1. The van der Waals surface area contributed by atoms with Crippen LogP contribution in [0.3, 0.4) is 0 Å². The van der Waals surface area contributed by atoms with Gasteiger partial charge in [-0.2, -0.15) is 0 Å². The third kappa shape index (κ3) is 2.38. The Bertz CT molecular complexity index is 739. The normalized spacial score (nSPS) is 17.6. The highest BCUT2D eigenvalue weighted by Crippen LogP contribution is 2.40. The lowest BCUT2D eigenvalue weighted by molar-refractivity contribution is 0.249. The van der Waals surface area contributed by atoms with E-state index in [-0.39, 0.29) is 12.1 Å². The molecule has 1 aromatic carbocycles. The lowest BCUT2D eigenvalue weighted by Gasteiger charge is -2.39. The number of nitrogens with zero attached hydrogens (tertiary/aromatic N) is 4. The molecular formula is C15H15BrN4OS. The summed E-state index contributed by atoms with van der Waals surface area (Å²) in [7, 11) is 1.74. The number of amides is 2. The first-order valence-electron chi connectivity index (χ1n) is 6.77. The van der Waals surface area contributed by atoms with Gasteiger partial charge >= 0.3 is 6.03 Å². The second kappa shape index (κ2) is 5.89. The van der Waals surface area contributed by atoms with Crippen LogP contribution < -0.4 is 9.80 Å². The minimum Gasteiger partial charge on any atom is -0.285 e. The molecule has 1 aromatic heterocycles. The largest absolute Gasteiger partial charge is 0.330 e. The van der Waals surface area contributed by atoms with Crippen LogP contribution in [0, 0.1) is 0 Å². The molecule has 1 aliphatic heterocycles. The van der Waals surface area contributed by atoms with Crippen molar-refractivity contribution in [2.24, 2.45) is 0 Å². The number of benzene rings is 1. The highest BCUT2D eigenvalue weighted by Gasteiger charge is 2.36. The van der Waals surface area contributed by atoms with Crippen molar-refractivity contribution in [3.8, 4) is 0 Å². The van der Waals surface area contributed by atoms with Gasteiger partial charge in [-0.15, -0.1) is 0 Å². The zero-order valence-electron chi connectivity index (χ0n) is 12.4. The topological polar surface area (TPSA) is 49.3 Å². The molecule has 2 aromatic rings. The van der Waals surface area contributed by atoms with Crippen LogP contribution in [0.1, 0.15) is 18.5 Å². The first kappa shape index (κ1) is 15.3. The Kier molecular flexibility index (Phi) is 4.10. The van der Waals surface area contributed by atoms with Crippen molar-refractivity contribution >= 4 is 45.2 Å². The summed E-state index contributed by atoms with van der Waals surface area (Å²) in [5.41, 5.74) is 1.78. The predicted octanol–water partition coefficient (Wildman–Crippen LogP) is 4.10. The molecule has 1 aliphatic rings. The summed E-state index contributed by atoms with van der Waals surface area (Å²) in [5, 5.41) is 0.667. The number of urea groups is 1. The molecule has 0 fully saturated rings. The third-order valence-corrected chi connectivity index (χ3v) is 4.95. The minimum absolute atomic E-state index is 0.0994. The van der Waals surface area contributed by atoms with Crippen LogP contribution in [0.15, 0.2) is 40.1 Å². The number of halogens is 1. The Morgan fingerprint density at radius 1 is 1.32 bits per heavy atom. The van der Waals surface area contributed by atoms with Gasteiger partial charge in [-0.05, 0) is 41.2 Å². The Balaban J connectivity index is 2.12. The number of thioether (sulfide) groups is 1. The van der Waals surface area contributed by atoms with Gasteiger partial charge in [0.25, 0.3) is 0 Å². The van der Waals surface area contributed by atoms with E-state index in [2.05, 4.69) is 25.9 Å². The monoisotopic (exact) mass is 378 g/mol. The highest BCUT2D eigenvalue weighted by atomic mass is 79.9. The van der Waals surface area contributed by atoms with E-state index in [1.807, 2.05) is 43.6 Å². The molecule has 0 saturated carbocycles. The SMILES string of the molecule is CSc1ncc2c(n1)N(C)C(=O)N(c1ccccc1Br)C2C. The summed E-state index contributed by atoms with van der Waals surface area (Å²) in [6.07, 6.45) is 3.73. The molecule has 22 heavy (non-hydrogen) atoms. The number of fused-ring (bicyclic) bond motifs is 1.